The molecular weight excluding hydrogens is 430 g/mol. The lowest BCUT2D eigenvalue weighted by Crippen LogP contribution is -2.46. The van der Waals surface area contributed by atoms with E-state index in [1.165, 1.54) is 18.7 Å². The lowest BCUT2D eigenvalue weighted by Gasteiger charge is -2.41. The van der Waals surface area contributed by atoms with Crippen molar-refractivity contribution in [1.82, 2.24) is 9.80 Å². The van der Waals surface area contributed by atoms with Crippen molar-refractivity contribution in [3.63, 3.8) is 0 Å². The average molecular weight is 450 g/mol. The third kappa shape index (κ3) is 4.35. The predicted molar refractivity (Wildman–Crippen MR) is 97.7 cm³/mol. The van der Waals surface area contributed by atoms with Crippen LogP contribution in [0.1, 0.15) is 37.8 Å². The van der Waals surface area contributed by atoms with E-state index in [-0.39, 0.29) is 41.5 Å². The minimum Gasteiger partial charge on any atom is -0.483 e. The highest BCUT2D eigenvalue weighted by Crippen LogP contribution is 2.46. The van der Waals surface area contributed by atoms with E-state index in [2.05, 4.69) is 0 Å². The average Bonchev–Trinajstić information content (AvgIpc) is 3.04. The highest BCUT2D eigenvalue weighted by Gasteiger charge is 2.45. The van der Waals surface area contributed by atoms with Crippen LogP contribution in [0.25, 0.3) is 5.70 Å². The molecule has 2 amide bonds. The van der Waals surface area contributed by atoms with E-state index in [4.69, 9.17) is 4.74 Å². The summed E-state index contributed by atoms with van der Waals surface area (Å²) >= 11 is 0. The maximum Gasteiger partial charge on any atom is 0.471 e. The van der Waals surface area contributed by atoms with Crippen molar-refractivity contribution in [1.29, 1.82) is 0 Å². The van der Waals surface area contributed by atoms with Crippen molar-refractivity contribution in [2.24, 2.45) is 0 Å². The summed E-state index contributed by atoms with van der Waals surface area (Å²) in [7, 11) is 0.935. The minimum atomic E-state index is -5.13. The fraction of sp³-hybridized carbons (Fsp3) is 0.500. The Bertz CT molecular complexity index is 949. The number of carbonyl (C=O) groups is 2. The van der Waals surface area contributed by atoms with E-state index >= 15 is 0 Å². The molecule has 0 spiro atoms. The largest absolute Gasteiger partial charge is 0.483 e. The molecule has 11 heteroatoms. The normalized spacial score (nSPS) is 18.7. The number of nitrogens with zero attached hydrogens (tertiary/aromatic N) is 2. The number of likely N-dealkylation sites (N-methyl/N-ethyl adjacent to an activating group) is 1. The number of amides is 2. The highest BCUT2D eigenvalue weighted by molar-refractivity contribution is 5.92. The van der Waals surface area contributed by atoms with Crippen molar-refractivity contribution >= 4 is 17.5 Å². The number of fused-ring (bicyclic) bond motifs is 1. The number of benzene rings is 1. The predicted octanol–water partition coefficient (Wildman–Crippen LogP) is 4.23. The highest BCUT2D eigenvalue weighted by atomic mass is 19.4. The van der Waals surface area contributed by atoms with Crippen LogP contribution in [-0.4, -0.2) is 53.5 Å². The lowest BCUT2D eigenvalue weighted by molar-refractivity contribution is -0.183. The Morgan fingerprint density at radius 1 is 1.19 bits per heavy atom. The first-order valence-corrected chi connectivity index (χ1v) is 9.40. The zero-order chi connectivity index (χ0) is 23.4. The Balaban J connectivity index is 2.21. The lowest BCUT2D eigenvalue weighted by atomic mass is 9.87. The van der Waals surface area contributed by atoms with Gasteiger partial charge in [-0.15, -0.1) is 0 Å². The molecule has 2 aliphatic rings. The number of ether oxygens (including phenoxy) is 1. The molecule has 0 bridgehead atoms. The SMILES string of the molecule is CN(CC1=C(N2CCCC2=O)c2cc(C(F)(F)F)ccc2OC1(C)C)C(=O)C(F)(F)F. The first kappa shape index (κ1) is 23.0. The van der Waals surface area contributed by atoms with Crippen LogP contribution in [-0.2, 0) is 15.8 Å². The van der Waals surface area contributed by atoms with E-state index in [0.29, 0.717) is 11.3 Å². The van der Waals surface area contributed by atoms with Gasteiger partial charge in [-0.05, 0) is 38.5 Å². The number of hydrogen-bond donors (Lipinski definition) is 0. The van der Waals surface area contributed by atoms with Gasteiger partial charge in [-0.2, -0.15) is 26.3 Å². The quantitative estimate of drug-likeness (QED) is 0.648. The molecule has 1 saturated heterocycles. The monoisotopic (exact) mass is 450 g/mol. The molecular formula is C20H20F6N2O3. The summed E-state index contributed by atoms with van der Waals surface area (Å²) < 4.78 is 84.5. The van der Waals surface area contributed by atoms with Crippen LogP contribution < -0.4 is 4.74 Å². The molecule has 0 unspecified atom stereocenters. The van der Waals surface area contributed by atoms with Crippen LogP contribution in [0.2, 0.25) is 0 Å². The van der Waals surface area contributed by atoms with Crippen molar-refractivity contribution in [3.05, 3.63) is 34.9 Å². The van der Waals surface area contributed by atoms with Crippen molar-refractivity contribution < 1.29 is 40.7 Å². The van der Waals surface area contributed by atoms with Crippen LogP contribution in [0.15, 0.2) is 23.8 Å². The molecule has 0 radical (unpaired) electrons. The van der Waals surface area contributed by atoms with Gasteiger partial charge in [0, 0.05) is 37.7 Å². The third-order valence-electron chi connectivity index (χ3n) is 5.27. The Morgan fingerprint density at radius 2 is 1.84 bits per heavy atom. The summed E-state index contributed by atoms with van der Waals surface area (Å²) in [6.07, 6.45) is -9.20. The molecule has 3 rings (SSSR count). The van der Waals surface area contributed by atoms with Gasteiger partial charge in [-0.1, -0.05) is 0 Å². The van der Waals surface area contributed by atoms with Crippen molar-refractivity contribution in [2.75, 3.05) is 20.1 Å². The van der Waals surface area contributed by atoms with Gasteiger partial charge in [-0.25, -0.2) is 0 Å². The molecule has 5 nitrogen and oxygen atoms in total. The Labute approximate surface area is 174 Å². The van der Waals surface area contributed by atoms with E-state index in [0.717, 1.165) is 25.2 Å². The fourth-order valence-corrected chi connectivity index (χ4v) is 3.75. The van der Waals surface area contributed by atoms with E-state index in [9.17, 15) is 35.9 Å². The molecule has 0 atom stereocenters. The smallest absolute Gasteiger partial charge is 0.471 e. The Morgan fingerprint density at radius 3 is 2.35 bits per heavy atom. The first-order chi connectivity index (χ1) is 14.1. The standard InChI is InChI=1S/C20H20F6N2O3/c1-18(2)13(10-27(3)17(30)20(24,25)26)16(28-8-4-5-15(28)29)12-9-11(19(21,22)23)6-7-14(12)31-18/h6-7,9H,4-5,8,10H2,1-3H3. The number of alkyl halides is 6. The van der Waals surface area contributed by atoms with E-state index < -0.39 is 36.0 Å². The van der Waals surface area contributed by atoms with Gasteiger partial charge < -0.3 is 14.5 Å². The molecule has 0 saturated carbocycles. The number of carbonyl (C=O) groups excluding carboxylic acids is 2. The molecule has 0 aromatic heterocycles. The van der Waals surface area contributed by atoms with Gasteiger partial charge in [0.25, 0.3) is 0 Å². The summed E-state index contributed by atoms with van der Waals surface area (Å²) in [6, 6.07) is 2.78. The third-order valence-corrected chi connectivity index (χ3v) is 5.27. The van der Waals surface area contributed by atoms with Crippen LogP contribution in [0.5, 0.6) is 5.75 Å². The summed E-state index contributed by atoms with van der Waals surface area (Å²) in [4.78, 5) is 25.8. The summed E-state index contributed by atoms with van der Waals surface area (Å²) in [5.41, 5.74) is -2.16. The minimum absolute atomic E-state index is 0.0488. The molecule has 2 heterocycles. The molecule has 0 aliphatic carbocycles. The maximum atomic E-state index is 13.3. The topological polar surface area (TPSA) is 49.9 Å². The van der Waals surface area contributed by atoms with Crippen LogP contribution in [0, 0.1) is 0 Å². The van der Waals surface area contributed by atoms with Crippen LogP contribution in [0.3, 0.4) is 0 Å². The molecule has 1 aromatic rings. The zero-order valence-corrected chi connectivity index (χ0v) is 16.9. The van der Waals surface area contributed by atoms with Gasteiger partial charge in [0.15, 0.2) is 0 Å². The number of rotatable bonds is 3. The summed E-state index contributed by atoms with van der Waals surface area (Å²) in [5, 5.41) is 0. The molecule has 31 heavy (non-hydrogen) atoms. The second-order valence-electron chi connectivity index (χ2n) is 7.96. The van der Waals surface area contributed by atoms with Crippen molar-refractivity contribution in [2.45, 2.75) is 44.6 Å². The Kier molecular flexibility index (Phi) is 5.52. The van der Waals surface area contributed by atoms with E-state index in [1.807, 2.05) is 0 Å². The number of hydrogen-bond acceptors (Lipinski definition) is 3. The van der Waals surface area contributed by atoms with Gasteiger partial charge >= 0.3 is 18.3 Å². The van der Waals surface area contributed by atoms with Crippen LogP contribution >= 0.6 is 0 Å². The van der Waals surface area contributed by atoms with Gasteiger partial charge in [0.1, 0.15) is 11.4 Å². The first-order valence-electron chi connectivity index (χ1n) is 9.40. The van der Waals surface area contributed by atoms with Gasteiger partial charge in [0.2, 0.25) is 5.91 Å². The fourth-order valence-electron chi connectivity index (χ4n) is 3.75. The second-order valence-corrected chi connectivity index (χ2v) is 7.96. The number of likely N-dealkylation sites (tertiary alicyclic amines) is 1. The second kappa shape index (κ2) is 7.45. The number of halogens is 6. The van der Waals surface area contributed by atoms with Gasteiger partial charge in [0.05, 0.1) is 11.3 Å². The van der Waals surface area contributed by atoms with E-state index in [1.54, 1.807) is 0 Å². The maximum absolute atomic E-state index is 13.3. The summed E-state index contributed by atoms with van der Waals surface area (Å²) in [6.45, 7) is 2.66. The molecule has 2 aliphatic heterocycles. The van der Waals surface area contributed by atoms with Crippen LogP contribution in [0.4, 0.5) is 26.3 Å². The van der Waals surface area contributed by atoms with Crippen molar-refractivity contribution in [3.8, 4) is 5.75 Å². The molecule has 0 N–H and O–H groups in total. The zero-order valence-electron chi connectivity index (χ0n) is 16.9. The molecule has 1 aromatic carbocycles. The summed E-state index contributed by atoms with van der Waals surface area (Å²) in [5.74, 6) is -2.41. The Hall–Kier alpha value is -2.72. The molecule has 170 valence electrons. The molecule has 1 fully saturated rings. The van der Waals surface area contributed by atoms with Gasteiger partial charge in [-0.3, -0.25) is 9.59 Å².